The fourth-order valence-electron chi connectivity index (χ4n) is 1.80. The summed E-state index contributed by atoms with van der Waals surface area (Å²) in [5.41, 5.74) is 0.582. The van der Waals surface area contributed by atoms with Gasteiger partial charge in [0.1, 0.15) is 0 Å². The van der Waals surface area contributed by atoms with Gasteiger partial charge in [-0.3, -0.25) is 4.79 Å². The van der Waals surface area contributed by atoms with E-state index in [2.05, 4.69) is 5.32 Å². The second-order valence-corrected chi connectivity index (χ2v) is 4.86. The van der Waals surface area contributed by atoms with Crippen molar-refractivity contribution in [3.05, 3.63) is 28.2 Å². The lowest BCUT2D eigenvalue weighted by Gasteiger charge is -2.10. The van der Waals surface area contributed by atoms with E-state index in [9.17, 15) is 4.79 Å². The van der Waals surface area contributed by atoms with Gasteiger partial charge in [0.25, 0.3) is 0 Å². The standard InChI is InChI=1S/C12H13Cl2NO2/c13-8-3-4-11(10(14)6-8)15-12(16)7-9-2-1-5-17-9/h3-4,6,9H,1-2,5,7H2,(H,15,16). The lowest BCUT2D eigenvalue weighted by Crippen LogP contribution is -2.19. The molecule has 1 aliphatic rings. The van der Waals surface area contributed by atoms with Gasteiger partial charge in [-0.15, -0.1) is 0 Å². The highest BCUT2D eigenvalue weighted by Gasteiger charge is 2.19. The number of rotatable bonds is 3. The van der Waals surface area contributed by atoms with Crippen LogP contribution in [0.15, 0.2) is 18.2 Å². The zero-order valence-electron chi connectivity index (χ0n) is 9.21. The number of hydrogen-bond acceptors (Lipinski definition) is 2. The molecule has 0 aliphatic carbocycles. The van der Waals surface area contributed by atoms with Crippen molar-refractivity contribution >= 4 is 34.8 Å². The Hall–Kier alpha value is -0.770. The van der Waals surface area contributed by atoms with Crippen LogP contribution in [0.4, 0.5) is 5.69 Å². The van der Waals surface area contributed by atoms with Crippen LogP contribution in [-0.4, -0.2) is 18.6 Å². The molecule has 1 heterocycles. The van der Waals surface area contributed by atoms with Crippen molar-refractivity contribution in [2.24, 2.45) is 0 Å². The molecule has 1 amide bonds. The van der Waals surface area contributed by atoms with E-state index in [0.717, 1.165) is 19.4 Å². The van der Waals surface area contributed by atoms with E-state index in [1.165, 1.54) is 0 Å². The summed E-state index contributed by atoms with van der Waals surface area (Å²) < 4.78 is 5.40. The molecule has 0 bridgehead atoms. The lowest BCUT2D eigenvalue weighted by atomic mass is 10.2. The van der Waals surface area contributed by atoms with Crippen molar-refractivity contribution in [1.82, 2.24) is 0 Å². The lowest BCUT2D eigenvalue weighted by molar-refractivity contribution is -0.118. The fourth-order valence-corrected chi connectivity index (χ4v) is 2.26. The van der Waals surface area contributed by atoms with Gasteiger partial charge in [0.15, 0.2) is 0 Å². The average molecular weight is 274 g/mol. The van der Waals surface area contributed by atoms with Crippen LogP contribution >= 0.6 is 23.2 Å². The third kappa shape index (κ3) is 3.60. The molecular weight excluding hydrogens is 261 g/mol. The molecule has 1 aliphatic heterocycles. The summed E-state index contributed by atoms with van der Waals surface area (Å²) in [6, 6.07) is 4.98. The first-order chi connectivity index (χ1) is 8.15. The van der Waals surface area contributed by atoms with E-state index in [1.54, 1.807) is 18.2 Å². The molecule has 0 radical (unpaired) electrons. The van der Waals surface area contributed by atoms with Gasteiger partial charge >= 0.3 is 0 Å². The number of amides is 1. The zero-order chi connectivity index (χ0) is 12.3. The van der Waals surface area contributed by atoms with Gasteiger partial charge in [-0.2, -0.15) is 0 Å². The highest BCUT2D eigenvalue weighted by molar-refractivity contribution is 6.36. The molecule has 92 valence electrons. The summed E-state index contributed by atoms with van der Waals surface area (Å²) in [7, 11) is 0. The molecule has 1 aromatic rings. The molecule has 2 rings (SSSR count). The molecule has 5 heteroatoms. The van der Waals surface area contributed by atoms with Crippen LogP contribution < -0.4 is 5.32 Å². The predicted octanol–water partition coefficient (Wildman–Crippen LogP) is 3.50. The van der Waals surface area contributed by atoms with E-state index in [1.807, 2.05) is 0 Å². The largest absolute Gasteiger partial charge is 0.378 e. The van der Waals surface area contributed by atoms with Crippen molar-refractivity contribution in [2.75, 3.05) is 11.9 Å². The van der Waals surface area contributed by atoms with E-state index in [0.29, 0.717) is 22.2 Å². The number of halogens is 2. The van der Waals surface area contributed by atoms with Crippen LogP contribution in [0, 0.1) is 0 Å². The molecule has 0 saturated carbocycles. The Morgan fingerprint density at radius 2 is 2.29 bits per heavy atom. The van der Waals surface area contributed by atoms with Crippen molar-refractivity contribution in [3.63, 3.8) is 0 Å². The van der Waals surface area contributed by atoms with Gasteiger partial charge in [-0.05, 0) is 31.0 Å². The summed E-state index contributed by atoms with van der Waals surface area (Å²) >= 11 is 11.7. The monoisotopic (exact) mass is 273 g/mol. The van der Waals surface area contributed by atoms with Crippen LogP contribution in [0.3, 0.4) is 0 Å². The Morgan fingerprint density at radius 3 is 2.94 bits per heavy atom. The Kier molecular flexibility index (Phi) is 4.26. The van der Waals surface area contributed by atoms with Crippen LogP contribution in [0.25, 0.3) is 0 Å². The third-order valence-corrected chi connectivity index (χ3v) is 3.19. The first-order valence-electron chi connectivity index (χ1n) is 5.51. The zero-order valence-corrected chi connectivity index (χ0v) is 10.7. The molecule has 1 fully saturated rings. The predicted molar refractivity (Wildman–Crippen MR) is 68.7 cm³/mol. The van der Waals surface area contributed by atoms with E-state index >= 15 is 0 Å². The maximum atomic E-state index is 11.7. The molecule has 1 saturated heterocycles. The Bertz CT molecular complexity index is 417. The first kappa shape index (κ1) is 12.7. The SMILES string of the molecule is O=C(CC1CCCO1)Nc1ccc(Cl)cc1Cl. The molecule has 1 unspecified atom stereocenters. The summed E-state index contributed by atoms with van der Waals surface area (Å²) in [4.78, 5) is 11.7. The van der Waals surface area contributed by atoms with Crippen LogP contribution in [-0.2, 0) is 9.53 Å². The Labute approximate surface area is 110 Å². The topological polar surface area (TPSA) is 38.3 Å². The number of ether oxygens (including phenoxy) is 1. The van der Waals surface area contributed by atoms with Crippen molar-refractivity contribution in [1.29, 1.82) is 0 Å². The quantitative estimate of drug-likeness (QED) is 0.916. The summed E-state index contributed by atoms with van der Waals surface area (Å²) in [6.07, 6.45) is 2.39. The number of carbonyl (C=O) groups excluding carboxylic acids is 1. The van der Waals surface area contributed by atoms with Gasteiger partial charge in [0.05, 0.1) is 23.2 Å². The van der Waals surface area contributed by atoms with Gasteiger partial charge in [0, 0.05) is 11.6 Å². The molecule has 17 heavy (non-hydrogen) atoms. The highest BCUT2D eigenvalue weighted by atomic mass is 35.5. The molecule has 1 N–H and O–H groups in total. The summed E-state index contributed by atoms with van der Waals surface area (Å²) in [6.45, 7) is 0.750. The van der Waals surface area contributed by atoms with Crippen LogP contribution in [0.2, 0.25) is 10.0 Å². The minimum atomic E-state index is -0.0823. The normalized spacial score (nSPS) is 19.3. The van der Waals surface area contributed by atoms with Gasteiger partial charge < -0.3 is 10.1 Å². The summed E-state index contributed by atoms with van der Waals surface area (Å²) in [5.74, 6) is -0.0823. The molecule has 1 atom stereocenters. The molecule has 0 aromatic heterocycles. The average Bonchev–Trinajstić information content (AvgIpc) is 2.75. The van der Waals surface area contributed by atoms with Gasteiger partial charge in [-0.1, -0.05) is 23.2 Å². The Balaban J connectivity index is 1.93. The molecular formula is C12H13Cl2NO2. The minimum Gasteiger partial charge on any atom is -0.378 e. The summed E-state index contributed by atoms with van der Waals surface area (Å²) in [5, 5.41) is 3.75. The minimum absolute atomic E-state index is 0.0427. The maximum Gasteiger partial charge on any atom is 0.227 e. The van der Waals surface area contributed by atoms with Crippen molar-refractivity contribution in [3.8, 4) is 0 Å². The van der Waals surface area contributed by atoms with Crippen molar-refractivity contribution in [2.45, 2.75) is 25.4 Å². The number of nitrogens with one attached hydrogen (secondary N) is 1. The van der Waals surface area contributed by atoms with E-state index < -0.39 is 0 Å². The van der Waals surface area contributed by atoms with E-state index in [-0.39, 0.29) is 12.0 Å². The maximum absolute atomic E-state index is 11.7. The van der Waals surface area contributed by atoms with Crippen LogP contribution in [0.5, 0.6) is 0 Å². The molecule has 1 aromatic carbocycles. The second kappa shape index (κ2) is 5.71. The van der Waals surface area contributed by atoms with E-state index in [4.69, 9.17) is 27.9 Å². The smallest absolute Gasteiger partial charge is 0.227 e. The highest BCUT2D eigenvalue weighted by Crippen LogP contribution is 2.26. The fraction of sp³-hybridized carbons (Fsp3) is 0.417. The number of anilines is 1. The number of hydrogen-bond donors (Lipinski definition) is 1. The number of carbonyl (C=O) groups is 1. The van der Waals surface area contributed by atoms with Gasteiger partial charge in [-0.25, -0.2) is 0 Å². The van der Waals surface area contributed by atoms with Crippen LogP contribution in [0.1, 0.15) is 19.3 Å². The molecule has 0 spiro atoms. The third-order valence-electron chi connectivity index (χ3n) is 2.64. The van der Waals surface area contributed by atoms with Gasteiger partial charge in [0.2, 0.25) is 5.91 Å². The Morgan fingerprint density at radius 1 is 1.47 bits per heavy atom. The van der Waals surface area contributed by atoms with Crippen molar-refractivity contribution < 1.29 is 9.53 Å². The second-order valence-electron chi connectivity index (χ2n) is 4.01. The molecule has 3 nitrogen and oxygen atoms in total. The number of benzene rings is 1. The first-order valence-corrected chi connectivity index (χ1v) is 6.27.